The van der Waals surface area contributed by atoms with Gasteiger partial charge in [-0.15, -0.1) is 0 Å². The predicted molar refractivity (Wildman–Crippen MR) is 145 cm³/mol. The Morgan fingerprint density at radius 1 is 1.00 bits per heavy atom. The van der Waals surface area contributed by atoms with E-state index in [1.807, 2.05) is 13.8 Å². The quantitative estimate of drug-likeness (QED) is 0.266. The molecule has 0 aromatic rings. The van der Waals surface area contributed by atoms with Crippen LogP contribution in [0.5, 0.6) is 0 Å². The van der Waals surface area contributed by atoms with E-state index in [-0.39, 0.29) is 16.2 Å². The van der Waals surface area contributed by atoms with Gasteiger partial charge in [0.15, 0.2) is 0 Å². The van der Waals surface area contributed by atoms with E-state index in [0.29, 0.717) is 23.7 Å². The van der Waals surface area contributed by atoms with Crippen LogP contribution in [-0.4, -0.2) is 29.8 Å². The second kappa shape index (κ2) is 9.06. The summed E-state index contributed by atoms with van der Waals surface area (Å²) >= 11 is 0. The van der Waals surface area contributed by atoms with Crippen LogP contribution < -0.4 is 0 Å². The molecule has 208 valence electrons. The van der Waals surface area contributed by atoms with E-state index < -0.39 is 22.1 Å². The van der Waals surface area contributed by atoms with Gasteiger partial charge in [0.2, 0.25) is 0 Å². The third-order valence-corrected chi connectivity index (χ3v) is 12.6. The monoisotopic (exact) mass is 524 g/mol. The number of hydrogen-bond donors (Lipinski definition) is 2. The summed E-state index contributed by atoms with van der Waals surface area (Å²) in [5.74, 6) is 1.73. The lowest BCUT2D eigenvalue weighted by Crippen LogP contribution is -2.55. The van der Waals surface area contributed by atoms with E-state index >= 15 is 0 Å². The molecule has 0 amide bonds. The highest BCUT2D eigenvalue weighted by Gasteiger charge is 2.63. The standard InChI is InChI=1S/C30H52O5S/c1-20(10-9-16-26(2,3)31)21-13-18-30(8)23-11-12-24-27(4,5)25(35-36(32,33)34)15-17-28(24,6)22(23)14-19-29(21,30)7/h20-21,24-25,31H,9-19H2,1-8H3,(H,32,33,34)/t20-,21-,24+,25+,28-,29-,30+/m1/s1. The van der Waals surface area contributed by atoms with Crippen molar-refractivity contribution in [2.45, 2.75) is 138 Å². The van der Waals surface area contributed by atoms with E-state index in [0.717, 1.165) is 44.4 Å². The Morgan fingerprint density at radius 2 is 1.67 bits per heavy atom. The topological polar surface area (TPSA) is 83.8 Å². The van der Waals surface area contributed by atoms with Crippen molar-refractivity contribution < 1.29 is 22.3 Å². The van der Waals surface area contributed by atoms with E-state index in [1.165, 1.54) is 25.7 Å². The van der Waals surface area contributed by atoms with Crippen LogP contribution >= 0.6 is 0 Å². The zero-order valence-corrected chi connectivity index (χ0v) is 24.9. The predicted octanol–water partition coefficient (Wildman–Crippen LogP) is 7.50. The molecule has 0 aromatic carbocycles. The largest absolute Gasteiger partial charge is 0.397 e. The third-order valence-electron chi connectivity index (χ3n) is 12.1. The molecule has 0 unspecified atom stereocenters. The number of fused-ring (bicyclic) bond motifs is 4. The Kier molecular flexibility index (Phi) is 7.19. The van der Waals surface area contributed by atoms with Gasteiger partial charge in [-0.1, -0.05) is 65.5 Å². The Labute approximate surface area is 220 Å². The molecule has 5 nitrogen and oxygen atoms in total. The highest BCUT2D eigenvalue weighted by atomic mass is 32.3. The van der Waals surface area contributed by atoms with Crippen molar-refractivity contribution >= 4 is 10.4 Å². The van der Waals surface area contributed by atoms with E-state index in [9.17, 15) is 18.1 Å². The molecule has 4 aliphatic rings. The van der Waals surface area contributed by atoms with E-state index in [4.69, 9.17) is 4.18 Å². The number of allylic oxidation sites excluding steroid dienone is 2. The van der Waals surface area contributed by atoms with Gasteiger partial charge < -0.3 is 5.11 Å². The van der Waals surface area contributed by atoms with Gasteiger partial charge >= 0.3 is 10.4 Å². The van der Waals surface area contributed by atoms with Crippen LogP contribution in [0.3, 0.4) is 0 Å². The number of aliphatic hydroxyl groups is 1. The van der Waals surface area contributed by atoms with Gasteiger partial charge in [-0.3, -0.25) is 4.55 Å². The highest BCUT2D eigenvalue weighted by Crippen LogP contribution is 2.72. The highest BCUT2D eigenvalue weighted by molar-refractivity contribution is 7.80. The summed E-state index contributed by atoms with van der Waals surface area (Å²) in [5, 5.41) is 10.2. The van der Waals surface area contributed by atoms with Crippen molar-refractivity contribution in [2.75, 3.05) is 0 Å². The Hall–Kier alpha value is -0.430. The van der Waals surface area contributed by atoms with Crippen LogP contribution in [0.1, 0.15) is 126 Å². The van der Waals surface area contributed by atoms with Gasteiger partial charge in [-0.25, -0.2) is 4.18 Å². The smallest absolute Gasteiger partial charge is 0.390 e. The van der Waals surface area contributed by atoms with Crippen molar-refractivity contribution in [1.29, 1.82) is 0 Å². The average Bonchev–Trinajstić information content (AvgIpc) is 3.00. The van der Waals surface area contributed by atoms with Gasteiger partial charge in [0.05, 0.1) is 11.7 Å². The second-order valence-electron chi connectivity index (χ2n) is 14.9. The van der Waals surface area contributed by atoms with Crippen molar-refractivity contribution in [3.8, 4) is 0 Å². The molecule has 0 radical (unpaired) electrons. The normalized spacial score (nSPS) is 41.4. The molecular formula is C30H52O5S. The summed E-state index contributed by atoms with van der Waals surface area (Å²) in [7, 11) is -4.46. The number of hydrogen-bond acceptors (Lipinski definition) is 4. The summed E-state index contributed by atoms with van der Waals surface area (Å²) in [6.07, 6.45) is 11.4. The zero-order chi connectivity index (χ0) is 26.9. The molecule has 6 heteroatoms. The lowest BCUT2D eigenvalue weighted by atomic mass is 9.43. The maximum absolute atomic E-state index is 11.6. The first-order chi connectivity index (χ1) is 16.4. The van der Waals surface area contributed by atoms with Crippen LogP contribution in [0, 0.1) is 39.4 Å². The van der Waals surface area contributed by atoms with Gasteiger partial charge in [0.25, 0.3) is 0 Å². The maximum atomic E-state index is 11.6. The first kappa shape index (κ1) is 28.6. The van der Waals surface area contributed by atoms with Crippen LogP contribution in [0.2, 0.25) is 0 Å². The van der Waals surface area contributed by atoms with Gasteiger partial charge in [-0.05, 0) is 111 Å². The lowest BCUT2D eigenvalue weighted by Gasteiger charge is -2.62. The summed E-state index contributed by atoms with van der Waals surface area (Å²) in [6, 6.07) is 0. The minimum Gasteiger partial charge on any atom is -0.390 e. The summed E-state index contributed by atoms with van der Waals surface area (Å²) in [5.41, 5.74) is 3.11. The minimum absolute atomic E-state index is 0.0664. The molecule has 0 bridgehead atoms. The SMILES string of the molecule is C[C@H](CCCC(C)(C)O)[C@H]1CC[C@@]2(C)C3=C(CC[C@]12C)[C@@]1(C)CC[C@H](OS(=O)(=O)O)C(C)(C)[C@@H]1CC3. The lowest BCUT2D eigenvalue weighted by molar-refractivity contribution is -0.0862. The Bertz CT molecular complexity index is 991. The first-order valence-electron chi connectivity index (χ1n) is 14.5. The summed E-state index contributed by atoms with van der Waals surface area (Å²) in [4.78, 5) is 0. The van der Waals surface area contributed by atoms with Gasteiger partial charge in [-0.2, -0.15) is 8.42 Å². The van der Waals surface area contributed by atoms with Crippen molar-refractivity contribution in [1.82, 2.24) is 0 Å². The Balaban J connectivity index is 1.60. The summed E-state index contributed by atoms with van der Waals surface area (Å²) in [6.45, 7) is 18.2. The summed E-state index contributed by atoms with van der Waals surface area (Å²) < 4.78 is 37.8. The molecule has 2 saturated carbocycles. The zero-order valence-electron chi connectivity index (χ0n) is 24.1. The fourth-order valence-corrected chi connectivity index (χ4v) is 10.6. The van der Waals surface area contributed by atoms with Crippen LogP contribution in [0.25, 0.3) is 0 Å². The maximum Gasteiger partial charge on any atom is 0.397 e. The molecule has 36 heavy (non-hydrogen) atoms. The minimum atomic E-state index is -4.46. The van der Waals surface area contributed by atoms with Gasteiger partial charge in [0.1, 0.15) is 0 Å². The molecule has 0 spiro atoms. The Morgan fingerprint density at radius 3 is 2.28 bits per heavy atom. The fraction of sp³-hybridized carbons (Fsp3) is 0.933. The molecule has 4 aliphatic carbocycles. The van der Waals surface area contributed by atoms with Crippen molar-refractivity contribution in [3.63, 3.8) is 0 Å². The molecule has 7 atom stereocenters. The molecular weight excluding hydrogens is 472 g/mol. The average molecular weight is 525 g/mol. The molecule has 0 heterocycles. The van der Waals surface area contributed by atoms with Crippen LogP contribution in [0.15, 0.2) is 11.1 Å². The fourth-order valence-electron chi connectivity index (χ4n) is 9.99. The van der Waals surface area contributed by atoms with Crippen LogP contribution in [-0.2, 0) is 14.6 Å². The molecule has 0 aromatic heterocycles. The molecule has 0 saturated heterocycles. The first-order valence-corrected chi connectivity index (χ1v) is 15.8. The molecule has 2 N–H and O–H groups in total. The van der Waals surface area contributed by atoms with E-state index in [1.54, 1.807) is 11.1 Å². The number of rotatable bonds is 7. The molecule has 2 fully saturated rings. The van der Waals surface area contributed by atoms with Crippen LogP contribution in [0.4, 0.5) is 0 Å². The van der Waals surface area contributed by atoms with Crippen molar-refractivity contribution in [3.05, 3.63) is 11.1 Å². The second-order valence-corrected chi connectivity index (χ2v) is 16.0. The molecule has 4 rings (SSSR count). The molecule has 0 aliphatic heterocycles. The van der Waals surface area contributed by atoms with E-state index in [2.05, 4.69) is 41.5 Å². The van der Waals surface area contributed by atoms with Gasteiger partial charge in [0, 0.05) is 0 Å². The third kappa shape index (κ3) is 4.64. The van der Waals surface area contributed by atoms with Crippen molar-refractivity contribution in [2.24, 2.45) is 39.4 Å².